The molecule has 1 aromatic rings. The molecule has 5 nitrogen and oxygen atoms in total. The van der Waals surface area contributed by atoms with Crippen molar-refractivity contribution in [3.8, 4) is 0 Å². The fourth-order valence-corrected chi connectivity index (χ4v) is 2.94. The number of piperidine rings is 1. The third kappa shape index (κ3) is 4.60. The summed E-state index contributed by atoms with van der Waals surface area (Å²) in [5, 5.41) is 2.95. The summed E-state index contributed by atoms with van der Waals surface area (Å²) in [5.74, 6) is 0.982. The minimum absolute atomic E-state index is 0.162. The molecule has 122 valence electrons. The largest absolute Gasteiger partial charge is 0.444 e. The van der Waals surface area contributed by atoms with Crippen molar-refractivity contribution in [1.82, 2.24) is 10.3 Å². The van der Waals surface area contributed by atoms with Crippen LogP contribution in [0.1, 0.15) is 39.2 Å². The van der Waals surface area contributed by atoms with Gasteiger partial charge < -0.3 is 15.0 Å². The van der Waals surface area contributed by atoms with E-state index < -0.39 is 5.60 Å². The molecule has 0 spiro atoms. The summed E-state index contributed by atoms with van der Waals surface area (Å²) >= 11 is 3.61. The molecule has 1 N–H and O–H groups in total. The zero-order chi connectivity index (χ0) is 16.3. The SMILES string of the molecule is Cc1ccnc(N2CCC(NC(=O)OC(C)(C)C)CC2)c1Br. The number of nitrogens with one attached hydrogen (secondary N) is 1. The van der Waals surface area contributed by atoms with Gasteiger partial charge in [0.1, 0.15) is 11.4 Å². The Labute approximate surface area is 140 Å². The Morgan fingerprint density at radius 1 is 1.41 bits per heavy atom. The molecule has 0 aromatic carbocycles. The van der Waals surface area contributed by atoms with Gasteiger partial charge in [0.25, 0.3) is 0 Å². The third-order valence-corrected chi connectivity index (χ3v) is 4.56. The number of carbonyl (C=O) groups is 1. The highest BCUT2D eigenvalue weighted by Crippen LogP contribution is 2.28. The van der Waals surface area contributed by atoms with Gasteiger partial charge in [-0.05, 0) is 68.1 Å². The number of hydrogen-bond acceptors (Lipinski definition) is 4. The number of rotatable bonds is 2. The van der Waals surface area contributed by atoms with Crippen molar-refractivity contribution in [3.05, 3.63) is 22.3 Å². The van der Waals surface area contributed by atoms with Gasteiger partial charge >= 0.3 is 6.09 Å². The van der Waals surface area contributed by atoms with Crippen LogP contribution >= 0.6 is 15.9 Å². The molecular formula is C16H24BrN3O2. The number of ether oxygens (including phenoxy) is 1. The molecule has 1 aliphatic rings. The van der Waals surface area contributed by atoms with Crippen LogP contribution in [0, 0.1) is 6.92 Å². The molecule has 6 heteroatoms. The van der Waals surface area contributed by atoms with Crippen molar-refractivity contribution in [3.63, 3.8) is 0 Å². The smallest absolute Gasteiger partial charge is 0.407 e. The molecule has 0 aliphatic carbocycles. The summed E-state index contributed by atoms with van der Waals surface area (Å²) in [4.78, 5) is 18.5. The topological polar surface area (TPSA) is 54.5 Å². The first kappa shape index (κ1) is 17.1. The highest BCUT2D eigenvalue weighted by atomic mass is 79.9. The predicted molar refractivity (Wildman–Crippen MR) is 91.3 cm³/mol. The van der Waals surface area contributed by atoms with Gasteiger partial charge in [0, 0.05) is 25.3 Å². The van der Waals surface area contributed by atoms with Crippen LogP contribution in [-0.2, 0) is 4.74 Å². The van der Waals surface area contributed by atoms with E-state index in [1.807, 2.05) is 33.0 Å². The molecule has 0 unspecified atom stereocenters. The number of aryl methyl sites for hydroxylation is 1. The van der Waals surface area contributed by atoms with E-state index in [1.54, 1.807) is 0 Å². The van der Waals surface area contributed by atoms with Crippen molar-refractivity contribution in [2.45, 2.75) is 52.2 Å². The molecule has 2 heterocycles. The molecule has 1 aromatic heterocycles. The molecule has 1 amide bonds. The van der Waals surface area contributed by atoms with Crippen molar-refractivity contribution >= 4 is 27.8 Å². The summed E-state index contributed by atoms with van der Waals surface area (Å²) in [6.07, 6.45) is 3.28. The van der Waals surface area contributed by atoms with Crippen molar-refractivity contribution in [1.29, 1.82) is 0 Å². The van der Waals surface area contributed by atoms with E-state index in [2.05, 4.69) is 38.1 Å². The third-order valence-electron chi connectivity index (χ3n) is 3.58. The van der Waals surface area contributed by atoms with Crippen LogP contribution < -0.4 is 10.2 Å². The second kappa shape index (κ2) is 6.86. The number of carbonyl (C=O) groups excluding carboxylic acids is 1. The number of alkyl carbamates (subject to hydrolysis) is 1. The van der Waals surface area contributed by atoms with E-state index >= 15 is 0 Å². The standard InChI is InChI=1S/C16H24BrN3O2/c1-11-5-8-18-14(13(11)17)20-9-6-12(7-10-20)19-15(21)22-16(2,3)4/h5,8,12H,6-7,9-10H2,1-4H3,(H,19,21). The fourth-order valence-electron chi connectivity index (χ4n) is 2.46. The van der Waals surface area contributed by atoms with Crippen molar-refractivity contribution < 1.29 is 9.53 Å². The van der Waals surface area contributed by atoms with Gasteiger partial charge in [0.05, 0.1) is 4.47 Å². The van der Waals surface area contributed by atoms with Crippen LogP contribution in [0.2, 0.25) is 0 Å². The second-order valence-corrected chi connectivity index (χ2v) is 7.47. The predicted octanol–water partition coefficient (Wildman–Crippen LogP) is 3.65. The van der Waals surface area contributed by atoms with Crippen molar-refractivity contribution in [2.24, 2.45) is 0 Å². The lowest BCUT2D eigenvalue weighted by Gasteiger charge is -2.34. The lowest BCUT2D eigenvalue weighted by molar-refractivity contribution is 0.0497. The van der Waals surface area contributed by atoms with Crippen molar-refractivity contribution in [2.75, 3.05) is 18.0 Å². The number of pyridine rings is 1. The van der Waals surface area contributed by atoms with E-state index in [0.29, 0.717) is 0 Å². The summed E-state index contributed by atoms with van der Waals surface area (Å²) in [5.41, 5.74) is 0.722. The molecule has 0 radical (unpaired) electrons. The van der Waals surface area contributed by atoms with Gasteiger partial charge in [-0.2, -0.15) is 0 Å². The van der Waals surface area contributed by atoms with Gasteiger partial charge in [0.15, 0.2) is 0 Å². The van der Waals surface area contributed by atoms with Crippen LogP contribution in [-0.4, -0.2) is 35.8 Å². The Morgan fingerprint density at radius 2 is 2.05 bits per heavy atom. The fraction of sp³-hybridized carbons (Fsp3) is 0.625. The van der Waals surface area contributed by atoms with Crippen LogP contribution in [0.4, 0.5) is 10.6 Å². The molecule has 2 rings (SSSR count). The van der Waals surface area contributed by atoms with Crippen LogP contribution in [0.15, 0.2) is 16.7 Å². The number of halogens is 1. The molecule has 1 saturated heterocycles. The average Bonchev–Trinajstić information content (AvgIpc) is 2.41. The second-order valence-electron chi connectivity index (χ2n) is 6.67. The zero-order valence-electron chi connectivity index (χ0n) is 13.6. The highest BCUT2D eigenvalue weighted by molar-refractivity contribution is 9.10. The Kier molecular flexibility index (Phi) is 5.32. The molecule has 22 heavy (non-hydrogen) atoms. The van der Waals surface area contributed by atoms with E-state index in [9.17, 15) is 4.79 Å². The van der Waals surface area contributed by atoms with E-state index in [0.717, 1.165) is 36.2 Å². The quantitative estimate of drug-likeness (QED) is 0.864. The first-order valence-electron chi connectivity index (χ1n) is 7.62. The van der Waals surface area contributed by atoms with Gasteiger partial charge in [-0.1, -0.05) is 0 Å². The molecular weight excluding hydrogens is 346 g/mol. The van der Waals surface area contributed by atoms with Gasteiger partial charge in [-0.15, -0.1) is 0 Å². The minimum Gasteiger partial charge on any atom is -0.444 e. The Bertz CT molecular complexity index is 535. The first-order chi connectivity index (χ1) is 10.3. The average molecular weight is 370 g/mol. The first-order valence-corrected chi connectivity index (χ1v) is 8.41. The summed E-state index contributed by atoms with van der Waals surface area (Å²) in [6.45, 7) is 9.42. The number of nitrogens with zero attached hydrogens (tertiary/aromatic N) is 2. The summed E-state index contributed by atoms with van der Waals surface area (Å²) < 4.78 is 6.35. The minimum atomic E-state index is -0.457. The van der Waals surface area contributed by atoms with Gasteiger partial charge in [0.2, 0.25) is 0 Å². The normalized spacial score (nSPS) is 16.5. The van der Waals surface area contributed by atoms with E-state index in [-0.39, 0.29) is 12.1 Å². The molecule has 0 atom stereocenters. The van der Waals surface area contributed by atoms with Crippen LogP contribution in [0.25, 0.3) is 0 Å². The molecule has 0 saturated carbocycles. The highest BCUT2D eigenvalue weighted by Gasteiger charge is 2.25. The molecule has 0 bridgehead atoms. The van der Waals surface area contributed by atoms with Gasteiger partial charge in [-0.25, -0.2) is 9.78 Å². The monoisotopic (exact) mass is 369 g/mol. The Balaban J connectivity index is 1.88. The Hall–Kier alpha value is -1.30. The lowest BCUT2D eigenvalue weighted by atomic mass is 10.1. The summed E-state index contributed by atoms with van der Waals surface area (Å²) in [6, 6.07) is 2.15. The number of amides is 1. The number of hydrogen-bond donors (Lipinski definition) is 1. The number of aromatic nitrogens is 1. The maximum Gasteiger partial charge on any atom is 0.407 e. The molecule has 1 fully saturated rings. The van der Waals surface area contributed by atoms with E-state index in [1.165, 1.54) is 5.56 Å². The number of anilines is 1. The Morgan fingerprint density at radius 3 is 2.64 bits per heavy atom. The molecule has 1 aliphatic heterocycles. The maximum atomic E-state index is 11.8. The van der Waals surface area contributed by atoms with E-state index in [4.69, 9.17) is 4.74 Å². The maximum absolute atomic E-state index is 11.8. The van der Waals surface area contributed by atoms with Crippen LogP contribution in [0.3, 0.4) is 0 Å². The van der Waals surface area contributed by atoms with Gasteiger partial charge in [-0.3, -0.25) is 0 Å². The zero-order valence-corrected chi connectivity index (χ0v) is 15.2. The van der Waals surface area contributed by atoms with Crippen LogP contribution in [0.5, 0.6) is 0 Å². The summed E-state index contributed by atoms with van der Waals surface area (Å²) in [7, 11) is 0. The lowest BCUT2D eigenvalue weighted by Crippen LogP contribution is -2.46.